The van der Waals surface area contributed by atoms with Gasteiger partial charge in [-0.25, -0.2) is 0 Å². The highest BCUT2D eigenvalue weighted by atomic mass is 32.1. The minimum absolute atomic E-state index is 0.327. The highest BCUT2D eigenvalue weighted by Crippen LogP contribution is 2.13. The molecule has 2 aromatic rings. The minimum Gasteiger partial charge on any atom is -0.398 e. The van der Waals surface area contributed by atoms with Gasteiger partial charge in [0, 0.05) is 18.1 Å². The number of nitrogens with two attached hydrogens (primary N) is 1. The fourth-order valence-electron chi connectivity index (χ4n) is 0.987. The molecule has 3 N–H and O–H groups in total. The number of hydrogen-bond acceptors (Lipinski definition) is 6. The molecule has 2 heterocycles. The molecule has 76 valence electrons. The Hall–Kier alpha value is -2.02. The highest BCUT2D eigenvalue weighted by Gasteiger charge is 2.10. The zero-order valence-corrected chi connectivity index (χ0v) is 8.36. The lowest BCUT2D eigenvalue weighted by atomic mass is 10.2. The lowest BCUT2D eigenvalue weighted by molar-refractivity contribution is 0.102. The number of nitrogens with zero attached hydrogens (tertiary/aromatic N) is 3. The van der Waals surface area contributed by atoms with Crippen LogP contribution in [0.5, 0.6) is 0 Å². The molecule has 15 heavy (non-hydrogen) atoms. The van der Waals surface area contributed by atoms with Crippen LogP contribution in [0, 0.1) is 0 Å². The van der Waals surface area contributed by atoms with E-state index in [0.29, 0.717) is 16.4 Å². The average molecular weight is 221 g/mol. The topological polar surface area (TPSA) is 93.8 Å². The van der Waals surface area contributed by atoms with Crippen molar-refractivity contribution in [1.82, 2.24) is 15.2 Å². The summed E-state index contributed by atoms with van der Waals surface area (Å²) in [6.07, 6.45) is 2.93. The molecule has 6 nitrogen and oxygen atoms in total. The number of nitrogens with one attached hydrogen (secondary N) is 1. The number of anilines is 2. The maximum atomic E-state index is 11.6. The highest BCUT2D eigenvalue weighted by molar-refractivity contribution is 7.13. The van der Waals surface area contributed by atoms with Crippen LogP contribution in [0.4, 0.5) is 10.8 Å². The Balaban J connectivity index is 2.19. The first-order chi connectivity index (χ1) is 7.27. The third kappa shape index (κ3) is 2.08. The summed E-state index contributed by atoms with van der Waals surface area (Å²) in [5, 5.41) is 10.3. The number of hydrogen-bond donors (Lipinski definition) is 2. The summed E-state index contributed by atoms with van der Waals surface area (Å²) in [4.78, 5) is 15.5. The molecule has 0 aliphatic carbocycles. The predicted molar refractivity (Wildman–Crippen MR) is 56.5 cm³/mol. The van der Waals surface area contributed by atoms with Crippen LogP contribution >= 0.6 is 11.3 Å². The molecule has 2 rings (SSSR count). The summed E-state index contributed by atoms with van der Waals surface area (Å²) in [5.74, 6) is -0.336. The second kappa shape index (κ2) is 4.01. The van der Waals surface area contributed by atoms with Gasteiger partial charge in [0.1, 0.15) is 5.51 Å². The van der Waals surface area contributed by atoms with Gasteiger partial charge in [-0.05, 0) is 6.07 Å². The lowest BCUT2D eigenvalue weighted by Crippen LogP contribution is -2.14. The van der Waals surface area contributed by atoms with Gasteiger partial charge in [-0.1, -0.05) is 11.3 Å². The standard InChI is InChI=1S/C8H7N5OS/c9-6-1-2-10-3-5(6)7(14)12-8-13-11-4-15-8/h1-4H,(H2,9,10)(H,12,13,14). The Morgan fingerprint density at radius 1 is 1.53 bits per heavy atom. The van der Waals surface area contributed by atoms with Crippen LogP contribution in [0.3, 0.4) is 0 Å². The van der Waals surface area contributed by atoms with Gasteiger partial charge < -0.3 is 5.73 Å². The van der Waals surface area contributed by atoms with Crippen molar-refractivity contribution < 1.29 is 4.79 Å². The van der Waals surface area contributed by atoms with E-state index in [2.05, 4.69) is 20.5 Å². The van der Waals surface area contributed by atoms with Gasteiger partial charge in [0.2, 0.25) is 5.13 Å². The quantitative estimate of drug-likeness (QED) is 0.781. The second-order valence-corrected chi connectivity index (χ2v) is 3.49. The summed E-state index contributed by atoms with van der Waals surface area (Å²) in [5.41, 5.74) is 7.86. The van der Waals surface area contributed by atoms with Crippen molar-refractivity contribution in [3.8, 4) is 0 Å². The second-order valence-electron chi connectivity index (χ2n) is 2.66. The molecule has 0 aromatic carbocycles. The van der Waals surface area contributed by atoms with Gasteiger partial charge in [0.05, 0.1) is 5.56 Å². The molecule has 0 saturated carbocycles. The minimum atomic E-state index is -0.336. The first-order valence-corrected chi connectivity index (χ1v) is 4.92. The maximum Gasteiger partial charge on any atom is 0.261 e. The largest absolute Gasteiger partial charge is 0.398 e. The smallest absolute Gasteiger partial charge is 0.261 e. The van der Waals surface area contributed by atoms with E-state index in [1.54, 1.807) is 6.07 Å². The summed E-state index contributed by atoms with van der Waals surface area (Å²) < 4.78 is 0. The van der Waals surface area contributed by atoms with E-state index >= 15 is 0 Å². The van der Waals surface area contributed by atoms with Crippen molar-refractivity contribution in [2.75, 3.05) is 11.1 Å². The number of amides is 1. The third-order valence-corrected chi connectivity index (χ3v) is 2.29. The molecule has 0 aliphatic heterocycles. The molecule has 0 atom stereocenters. The van der Waals surface area contributed by atoms with E-state index in [0.717, 1.165) is 0 Å². The van der Waals surface area contributed by atoms with Crippen LogP contribution in [-0.4, -0.2) is 21.1 Å². The third-order valence-electron chi connectivity index (χ3n) is 1.68. The molecular formula is C8H7N5OS. The van der Waals surface area contributed by atoms with Gasteiger partial charge in [-0.2, -0.15) is 0 Å². The molecule has 0 spiro atoms. The number of nitrogen functional groups attached to an aromatic ring is 1. The molecule has 7 heteroatoms. The van der Waals surface area contributed by atoms with Gasteiger partial charge in [0.15, 0.2) is 0 Å². The van der Waals surface area contributed by atoms with E-state index in [9.17, 15) is 4.79 Å². The lowest BCUT2D eigenvalue weighted by Gasteiger charge is -2.02. The number of rotatable bonds is 2. The van der Waals surface area contributed by atoms with Gasteiger partial charge in [0.25, 0.3) is 5.91 Å². The van der Waals surface area contributed by atoms with Gasteiger partial charge in [-0.3, -0.25) is 15.1 Å². The predicted octanol–water partition coefficient (Wildman–Crippen LogP) is 0.768. The fraction of sp³-hybridized carbons (Fsp3) is 0. The molecule has 0 fully saturated rings. The van der Waals surface area contributed by atoms with Crippen molar-refractivity contribution in [3.63, 3.8) is 0 Å². The molecular weight excluding hydrogens is 214 g/mol. The van der Waals surface area contributed by atoms with Crippen LogP contribution in [0.1, 0.15) is 10.4 Å². The zero-order valence-electron chi connectivity index (χ0n) is 7.54. The van der Waals surface area contributed by atoms with Crippen LogP contribution in [0.2, 0.25) is 0 Å². The number of carbonyl (C=O) groups is 1. The maximum absolute atomic E-state index is 11.6. The Morgan fingerprint density at radius 3 is 3.07 bits per heavy atom. The first-order valence-electron chi connectivity index (χ1n) is 4.04. The van der Waals surface area contributed by atoms with E-state index in [4.69, 9.17) is 5.73 Å². The SMILES string of the molecule is Nc1ccncc1C(=O)Nc1nncs1. The van der Waals surface area contributed by atoms with Crippen molar-refractivity contribution in [1.29, 1.82) is 0 Å². The van der Waals surface area contributed by atoms with Gasteiger partial charge >= 0.3 is 0 Å². The van der Waals surface area contributed by atoms with Crippen LogP contribution in [0.15, 0.2) is 24.0 Å². The number of aromatic nitrogens is 3. The summed E-state index contributed by atoms with van der Waals surface area (Å²) in [7, 11) is 0. The monoisotopic (exact) mass is 221 g/mol. The summed E-state index contributed by atoms with van der Waals surface area (Å²) in [6.45, 7) is 0. The molecule has 0 bridgehead atoms. The van der Waals surface area contributed by atoms with Crippen molar-refractivity contribution in [2.45, 2.75) is 0 Å². The Labute approximate surface area is 89.2 Å². The zero-order chi connectivity index (χ0) is 10.7. The van der Waals surface area contributed by atoms with E-state index in [-0.39, 0.29) is 5.91 Å². The molecule has 0 saturated heterocycles. The van der Waals surface area contributed by atoms with Crippen LogP contribution in [-0.2, 0) is 0 Å². The van der Waals surface area contributed by atoms with Gasteiger partial charge in [-0.15, -0.1) is 10.2 Å². The van der Waals surface area contributed by atoms with Crippen molar-refractivity contribution in [2.24, 2.45) is 0 Å². The van der Waals surface area contributed by atoms with E-state index < -0.39 is 0 Å². The molecule has 0 unspecified atom stereocenters. The molecule has 1 amide bonds. The summed E-state index contributed by atoms with van der Waals surface area (Å²) in [6, 6.07) is 1.56. The number of carbonyl (C=O) groups excluding carboxylic acids is 1. The molecule has 2 aromatic heterocycles. The Kier molecular flexibility index (Phi) is 2.55. The average Bonchev–Trinajstić information content (AvgIpc) is 2.71. The Morgan fingerprint density at radius 2 is 2.40 bits per heavy atom. The van der Waals surface area contributed by atoms with Crippen LogP contribution in [0.25, 0.3) is 0 Å². The fourth-order valence-corrected chi connectivity index (χ4v) is 1.43. The normalized spacial score (nSPS) is 9.87. The van der Waals surface area contributed by atoms with E-state index in [1.165, 1.54) is 29.2 Å². The van der Waals surface area contributed by atoms with Crippen molar-refractivity contribution in [3.05, 3.63) is 29.5 Å². The molecule has 0 radical (unpaired) electrons. The first kappa shape index (κ1) is 9.53. The van der Waals surface area contributed by atoms with Crippen molar-refractivity contribution >= 4 is 28.1 Å². The van der Waals surface area contributed by atoms with Crippen LogP contribution < -0.4 is 11.1 Å². The van der Waals surface area contributed by atoms with E-state index in [1.807, 2.05) is 0 Å². The Bertz CT molecular complexity index is 470. The number of pyridine rings is 1. The summed E-state index contributed by atoms with van der Waals surface area (Å²) >= 11 is 1.24. The molecule has 0 aliphatic rings.